The first-order valence-corrected chi connectivity index (χ1v) is 10.9. The molecule has 27 heavy (non-hydrogen) atoms. The van der Waals surface area contributed by atoms with Gasteiger partial charge in [-0.2, -0.15) is 0 Å². The normalized spacial score (nSPS) is 20.2. The number of hydrogen-bond acceptors (Lipinski definition) is 3. The molecule has 2 aromatic carbocycles. The van der Waals surface area contributed by atoms with Crippen LogP contribution in [0.4, 0.5) is 0 Å². The second-order valence-electron chi connectivity index (χ2n) is 7.18. The fourth-order valence-electron chi connectivity index (χ4n) is 3.44. The quantitative estimate of drug-likeness (QED) is 0.798. The summed E-state index contributed by atoms with van der Waals surface area (Å²) in [5.74, 6) is 0.232. The number of sulfonamides is 1. The van der Waals surface area contributed by atoms with Crippen LogP contribution in [0.1, 0.15) is 48.5 Å². The predicted octanol–water partition coefficient (Wildman–Crippen LogP) is 3.47. The van der Waals surface area contributed by atoms with Gasteiger partial charge < -0.3 is 5.32 Å². The van der Waals surface area contributed by atoms with Crippen LogP contribution in [0.5, 0.6) is 0 Å². The van der Waals surface area contributed by atoms with Gasteiger partial charge in [0, 0.05) is 18.2 Å². The molecule has 0 unspecified atom stereocenters. The highest BCUT2D eigenvalue weighted by atomic mass is 32.2. The molecule has 2 atom stereocenters. The van der Waals surface area contributed by atoms with Crippen LogP contribution < -0.4 is 10.0 Å². The smallest absolute Gasteiger partial charge is 0.251 e. The minimum atomic E-state index is -3.69. The highest BCUT2D eigenvalue weighted by molar-refractivity contribution is 7.89. The van der Waals surface area contributed by atoms with Gasteiger partial charge in [0.05, 0.1) is 4.90 Å². The van der Waals surface area contributed by atoms with E-state index >= 15 is 0 Å². The number of benzene rings is 2. The van der Waals surface area contributed by atoms with Crippen LogP contribution in [0.3, 0.4) is 0 Å². The van der Waals surface area contributed by atoms with Gasteiger partial charge in [-0.05, 0) is 42.5 Å². The Balaban J connectivity index is 1.69. The maximum atomic E-state index is 12.6. The zero-order chi connectivity index (χ0) is 19.3. The molecule has 1 fully saturated rings. The molecule has 0 aliphatic heterocycles. The standard InChI is InChI=1S/C21H26N2O3S/c1-16-8-5-6-13-20(16)23-21(24)18-11-7-12-19(14-18)27(25,26)22-15-17-9-3-2-4-10-17/h2-4,7,9-12,14,16,20,22H,5-6,8,13,15H2,1H3,(H,23,24)/t16-,20+/m1/s1. The number of carbonyl (C=O) groups excluding carboxylic acids is 1. The van der Waals surface area contributed by atoms with Crippen molar-refractivity contribution in [3.63, 3.8) is 0 Å². The highest BCUT2D eigenvalue weighted by Gasteiger charge is 2.24. The zero-order valence-electron chi connectivity index (χ0n) is 15.5. The molecule has 0 saturated heterocycles. The number of hydrogen-bond donors (Lipinski definition) is 2. The van der Waals surface area contributed by atoms with Gasteiger partial charge in [0.1, 0.15) is 0 Å². The molecule has 3 rings (SSSR count). The summed E-state index contributed by atoms with van der Waals surface area (Å²) >= 11 is 0. The molecule has 0 heterocycles. The highest BCUT2D eigenvalue weighted by Crippen LogP contribution is 2.24. The van der Waals surface area contributed by atoms with Crippen molar-refractivity contribution in [1.29, 1.82) is 0 Å². The third-order valence-electron chi connectivity index (χ3n) is 5.14. The Hall–Kier alpha value is -2.18. The van der Waals surface area contributed by atoms with Gasteiger partial charge in [-0.15, -0.1) is 0 Å². The van der Waals surface area contributed by atoms with E-state index < -0.39 is 10.0 Å². The van der Waals surface area contributed by atoms with Crippen LogP contribution in [0.25, 0.3) is 0 Å². The summed E-state index contributed by atoms with van der Waals surface area (Å²) in [6, 6.07) is 15.7. The topological polar surface area (TPSA) is 75.3 Å². The second kappa shape index (κ2) is 8.67. The fraction of sp³-hybridized carbons (Fsp3) is 0.381. The Kier molecular flexibility index (Phi) is 6.29. The van der Waals surface area contributed by atoms with Gasteiger partial charge in [-0.25, -0.2) is 13.1 Å². The lowest BCUT2D eigenvalue weighted by Gasteiger charge is -2.29. The van der Waals surface area contributed by atoms with E-state index in [2.05, 4.69) is 17.0 Å². The van der Waals surface area contributed by atoms with E-state index in [0.29, 0.717) is 11.5 Å². The molecule has 2 aromatic rings. The van der Waals surface area contributed by atoms with Crippen molar-refractivity contribution < 1.29 is 13.2 Å². The molecule has 0 bridgehead atoms. The van der Waals surface area contributed by atoms with Crippen LogP contribution in [0.2, 0.25) is 0 Å². The summed E-state index contributed by atoms with van der Waals surface area (Å²) < 4.78 is 27.7. The lowest BCUT2D eigenvalue weighted by Crippen LogP contribution is -2.41. The van der Waals surface area contributed by atoms with Gasteiger partial charge in [-0.1, -0.05) is 56.2 Å². The lowest BCUT2D eigenvalue weighted by atomic mass is 9.86. The van der Waals surface area contributed by atoms with Crippen molar-refractivity contribution in [1.82, 2.24) is 10.0 Å². The molecule has 6 heteroatoms. The largest absolute Gasteiger partial charge is 0.349 e. The van der Waals surface area contributed by atoms with Gasteiger partial charge >= 0.3 is 0 Å². The number of rotatable bonds is 6. The maximum absolute atomic E-state index is 12.6. The summed E-state index contributed by atoms with van der Waals surface area (Å²) in [6.45, 7) is 2.36. The Labute approximate surface area is 161 Å². The van der Waals surface area contributed by atoms with Crippen LogP contribution in [0.15, 0.2) is 59.5 Å². The average molecular weight is 387 g/mol. The SMILES string of the molecule is C[C@@H]1CCCC[C@@H]1NC(=O)c1cccc(S(=O)(=O)NCc2ccccc2)c1. The van der Waals surface area contributed by atoms with Crippen LogP contribution in [-0.2, 0) is 16.6 Å². The van der Waals surface area contributed by atoms with Crippen molar-refractivity contribution in [3.8, 4) is 0 Å². The van der Waals surface area contributed by atoms with Crippen LogP contribution >= 0.6 is 0 Å². The summed E-state index contributed by atoms with van der Waals surface area (Å²) in [7, 11) is -3.69. The Morgan fingerprint density at radius 2 is 1.78 bits per heavy atom. The molecule has 1 aliphatic carbocycles. The van der Waals surface area contributed by atoms with E-state index in [9.17, 15) is 13.2 Å². The van der Waals surface area contributed by atoms with E-state index in [4.69, 9.17) is 0 Å². The Bertz CT molecular complexity index is 881. The third-order valence-corrected chi connectivity index (χ3v) is 6.54. The van der Waals surface area contributed by atoms with Gasteiger partial charge in [0.2, 0.25) is 10.0 Å². The third kappa shape index (κ3) is 5.17. The zero-order valence-corrected chi connectivity index (χ0v) is 16.3. The molecule has 1 aliphatic rings. The minimum absolute atomic E-state index is 0.0998. The molecule has 144 valence electrons. The molecule has 1 amide bonds. The second-order valence-corrected chi connectivity index (χ2v) is 8.95. The van der Waals surface area contributed by atoms with E-state index in [1.165, 1.54) is 18.6 Å². The molecule has 0 aromatic heterocycles. The first kappa shape index (κ1) is 19.6. The van der Waals surface area contributed by atoms with Crippen molar-refractivity contribution in [2.45, 2.75) is 50.1 Å². The summed E-state index contributed by atoms with van der Waals surface area (Å²) in [6.07, 6.45) is 4.41. The summed E-state index contributed by atoms with van der Waals surface area (Å²) in [4.78, 5) is 12.7. The van der Waals surface area contributed by atoms with Gasteiger partial charge in [0.15, 0.2) is 0 Å². The fourth-order valence-corrected chi connectivity index (χ4v) is 4.51. The average Bonchev–Trinajstić information content (AvgIpc) is 2.69. The lowest BCUT2D eigenvalue weighted by molar-refractivity contribution is 0.0910. The number of amides is 1. The maximum Gasteiger partial charge on any atom is 0.251 e. The van der Waals surface area contributed by atoms with Gasteiger partial charge in [0.25, 0.3) is 5.91 Å². The predicted molar refractivity (Wildman–Crippen MR) is 106 cm³/mol. The van der Waals surface area contributed by atoms with E-state index in [1.54, 1.807) is 12.1 Å². The van der Waals surface area contributed by atoms with Crippen molar-refractivity contribution in [3.05, 3.63) is 65.7 Å². The van der Waals surface area contributed by atoms with Crippen molar-refractivity contribution in [2.75, 3.05) is 0 Å². The van der Waals surface area contributed by atoms with E-state index in [1.807, 2.05) is 30.3 Å². The first-order chi connectivity index (χ1) is 13.0. The Morgan fingerprint density at radius 3 is 2.52 bits per heavy atom. The van der Waals surface area contributed by atoms with Crippen molar-refractivity contribution >= 4 is 15.9 Å². The molecule has 2 N–H and O–H groups in total. The monoisotopic (exact) mass is 386 g/mol. The number of carbonyl (C=O) groups is 1. The minimum Gasteiger partial charge on any atom is -0.349 e. The first-order valence-electron chi connectivity index (χ1n) is 9.40. The summed E-state index contributed by atoms with van der Waals surface area (Å²) in [5.41, 5.74) is 1.25. The number of nitrogens with one attached hydrogen (secondary N) is 2. The van der Waals surface area contributed by atoms with Gasteiger partial charge in [-0.3, -0.25) is 4.79 Å². The Morgan fingerprint density at radius 1 is 1.04 bits per heavy atom. The van der Waals surface area contributed by atoms with Crippen LogP contribution in [-0.4, -0.2) is 20.4 Å². The van der Waals surface area contributed by atoms with E-state index in [-0.39, 0.29) is 23.4 Å². The molecular weight excluding hydrogens is 360 g/mol. The molecule has 5 nitrogen and oxygen atoms in total. The molecule has 0 radical (unpaired) electrons. The molecule has 1 saturated carbocycles. The van der Waals surface area contributed by atoms with E-state index in [0.717, 1.165) is 24.8 Å². The molecular formula is C21H26N2O3S. The molecule has 0 spiro atoms. The summed E-state index contributed by atoms with van der Waals surface area (Å²) in [5, 5.41) is 3.07. The van der Waals surface area contributed by atoms with Crippen LogP contribution in [0, 0.1) is 5.92 Å². The van der Waals surface area contributed by atoms with Crippen molar-refractivity contribution in [2.24, 2.45) is 5.92 Å².